The van der Waals surface area contributed by atoms with Crippen LogP contribution in [0.4, 0.5) is 0 Å². The molecule has 2 saturated heterocycles. The van der Waals surface area contributed by atoms with Gasteiger partial charge in [-0.15, -0.1) is 0 Å². The van der Waals surface area contributed by atoms with E-state index in [1.165, 1.54) is 7.11 Å². The number of likely N-dealkylation sites (tertiary alicyclic amines) is 1. The van der Waals surface area contributed by atoms with E-state index in [0.29, 0.717) is 65.7 Å². The fourth-order valence-corrected chi connectivity index (χ4v) is 8.20. The Hall–Kier alpha value is -4.42. The van der Waals surface area contributed by atoms with Gasteiger partial charge in [0.05, 0.1) is 24.9 Å². The van der Waals surface area contributed by atoms with Crippen LogP contribution in [-0.4, -0.2) is 71.2 Å². The van der Waals surface area contributed by atoms with Crippen molar-refractivity contribution >= 4 is 35.1 Å². The lowest BCUT2D eigenvalue weighted by atomic mass is 9.90. The zero-order chi connectivity index (χ0) is 36.5. The van der Waals surface area contributed by atoms with Crippen LogP contribution >= 0.6 is 23.2 Å². The van der Waals surface area contributed by atoms with Gasteiger partial charge < -0.3 is 30.0 Å². The maximum absolute atomic E-state index is 11.7. The van der Waals surface area contributed by atoms with Gasteiger partial charge in [-0.25, -0.2) is 4.98 Å². The molecule has 13 heteroatoms. The number of halogens is 2. The van der Waals surface area contributed by atoms with E-state index in [1.807, 2.05) is 48.2 Å². The Morgan fingerprint density at radius 3 is 2.44 bits per heavy atom. The minimum atomic E-state index is -0.840. The molecule has 272 valence electrons. The molecule has 2 aromatic carbocycles. The summed E-state index contributed by atoms with van der Waals surface area (Å²) in [5.41, 5.74) is 7.19. The average Bonchev–Trinajstić information content (AvgIpc) is 3.74. The first-order valence-electron chi connectivity index (χ1n) is 17.5. The predicted octanol–water partition coefficient (Wildman–Crippen LogP) is 6.47. The minimum absolute atomic E-state index is 0.0683. The number of methoxy groups -OCH3 is 2. The maximum atomic E-state index is 11.7. The van der Waals surface area contributed by atoms with Gasteiger partial charge in [0.1, 0.15) is 17.2 Å². The van der Waals surface area contributed by atoms with E-state index in [1.54, 1.807) is 13.2 Å². The van der Waals surface area contributed by atoms with E-state index in [-0.39, 0.29) is 29.9 Å². The number of aliphatic carboxylic acids is 1. The second-order valence-electron chi connectivity index (χ2n) is 13.6. The quantitative estimate of drug-likeness (QED) is 0.140. The first-order valence-corrected chi connectivity index (χ1v) is 18.2. The zero-order valence-corrected chi connectivity index (χ0v) is 30.8. The molecule has 0 saturated carbocycles. The summed E-state index contributed by atoms with van der Waals surface area (Å²) in [6.45, 7) is 4.19. The van der Waals surface area contributed by atoms with Gasteiger partial charge in [-0.05, 0) is 54.0 Å². The minimum Gasteiger partial charge on any atom is -0.481 e. The van der Waals surface area contributed by atoms with Gasteiger partial charge in [0.2, 0.25) is 23.5 Å². The van der Waals surface area contributed by atoms with Gasteiger partial charge in [-0.2, -0.15) is 4.98 Å². The lowest BCUT2D eigenvalue weighted by Gasteiger charge is -2.44. The van der Waals surface area contributed by atoms with E-state index < -0.39 is 12.0 Å². The van der Waals surface area contributed by atoms with Crippen LogP contribution in [0.5, 0.6) is 17.6 Å². The van der Waals surface area contributed by atoms with Crippen LogP contribution in [0, 0.1) is 5.92 Å². The van der Waals surface area contributed by atoms with Crippen molar-refractivity contribution in [1.29, 1.82) is 0 Å². The molecular formula is C39H41Cl2N5O6. The monoisotopic (exact) mass is 745 g/mol. The van der Waals surface area contributed by atoms with Crippen LogP contribution < -0.4 is 24.8 Å². The fourth-order valence-electron chi connectivity index (χ4n) is 7.66. The van der Waals surface area contributed by atoms with Crippen molar-refractivity contribution < 1.29 is 28.9 Å². The SMILES string of the molecule is COc1nc(-c2cccc(-c3cccc4c3CC[C@@H]4Oc3nc(OC)c(CN4C[C@@H](C)[C@H]4C(=O)O)cc3Cl)c2Cl)ccc1CNC[C@@H]1CCC(=O)N1. The Labute approximate surface area is 312 Å². The molecule has 0 bridgehead atoms. The number of hydrogen-bond donors (Lipinski definition) is 3. The largest absolute Gasteiger partial charge is 0.481 e. The van der Waals surface area contributed by atoms with Crippen LogP contribution in [-0.2, 0) is 29.1 Å². The molecule has 3 aliphatic rings. The third kappa shape index (κ3) is 7.15. The van der Waals surface area contributed by atoms with Crippen molar-refractivity contribution in [2.75, 3.05) is 27.3 Å². The Balaban J connectivity index is 1.09. The molecule has 0 radical (unpaired) electrons. The van der Waals surface area contributed by atoms with Gasteiger partial charge in [0.25, 0.3) is 0 Å². The number of aromatic nitrogens is 2. The number of rotatable bonds is 13. The maximum Gasteiger partial charge on any atom is 0.321 e. The van der Waals surface area contributed by atoms with Gasteiger partial charge in [-0.3, -0.25) is 14.5 Å². The molecule has 1 aliphatic carbocycles. The van der Waals surface area contributed by atoms with E-state index >= 15 is 0 Å². The van der Waals surface area contributed by atoms with Crippen molar-refractivity contribution in [2.45, 2.75) is 63.9 Å². The summed E-state index contributed by atoms with van der Waals surface area (Å²) >= 11 is 13.9. The highest BCUT2D eigenvalue weighted by molar-refractivity contribution is 6.36. The molecular weight excluding hydrogens is 705 g/mol. The number of nitrogens with one attached hydrogen (secondary N) is 2. The summed E-state index contributed by atoms with van der Waals surface area (Å²) < 4.78 is 17.7. The Kier molecular flexibility index (Phi) is 10.6. The molecule has 4 aromatic rings. The van der Waals surface area contributed by atoms with Crippen molar-refractivity contribution in [3.8, 4) is 40.0 Å². The van der Waals surface area contributed by atoms with Crippen molar-refractivity contribution in [3.05, 3.63) is 86.9 Å². The summed E-state index contributed by atoms with van der Waals surface area (Å²) in [7, 11) is 3.14. The van der Waals surface area contributed by atoms with Crippen LogP contribution in [0.3, 0.4) is 0 Å². The number of carbonyl (C=O) groups excluding carboxylic acids is 1. The normalized spacial score (nSPS) is 21.0. The highest BCUT2D eigenvalue weighted by Crippen LogP contribution is 2.45. The molecule has 1 amide bonds. The van der Waals surface area contributed by atoms with Crippen LogP contribution in [0.15, 0.2) is 54.6 Å². The molecule has 11 nitrogen and oxygen atoms in total. The summed E-state index contributed by atoms with van der Waals surface area (Å²) in [6, 6.07) is 17.4. The third-order valence-corrected chi connectivity index (χ3v) is 10.9. The van der Waals surface area contributed by atoms with Gasteiger partial charge in [0.15, 0.2) is 0 Å². The number of nitrogens with zero attached hydrogens (tertiary/aromatic N) is 3. The van der Waals surface area contributed by atoms with Crippen LogP contribution in [0.1, 0.15) is 54.5 Å². The van der Waals surface area contributed by atoms with Gasteiger partial charge in [-0.1, -0.05) is 72.6 Å². The Morgan fingerprint density at radius 2 is 1.71 bits per heavy atom. The molecule has 7 rings (SSSR count). The molecule has 2 aromatic heterocycles. The van der Waals surface area contributed by atoms with Crippen LogP contribution in [0.25, 0.3) is 22.4 Å². The predicted molar refractivity (Wildman–Crippen MR) is 198 cm³/mol. The van der Waals surface area contributed by atoms with E-state index in [4.69, 9.17) is 42.4 Å². The molecule has 0 unspecified atom stereocenters. The lowest BCUT2D eigenvalue weighted by molar-refractivity contribution is -0.153. The molecule has 0 spiro atoms. The number of ether oxygens (including phenoxy) is 3. The van der Waals surface area contributed by atoms with Crippen molar-refractivity contribution in [2.24, 2.45) is 5.92 Å². The third-order valence-electron chi connectivity index (χ3n) is 10.2. The van der Waals surface area contributed by atoms with E-state index in [9.17, 15) is 14.7 Å². The van der Waals surface area contributed by atoms with E-state index in [0.717, 1.165) is 52.6 Å². The summed E-state index contributed by atoms with van der Waals surface area (Å²) in [6.07, 6.45) is 2.60. The van der Waals surface area contributed by atoms with Crippen LogP contribution in [0.2, 0.25) is 10.0 Å². The first kappa shape index (κ1) is 36.0. The zero-order valence-electron chi connectivity index (χ0n) is 29.2. The first-order chi connectivity index (χ1) is 25.1. The average molecular weight is 747 g/mol. The molecule has 4 heterocycles. The summed E-state index contributed by atoms with van der Waals surface area (Å²) in [5, 5.41) is 16.9. The second-order valence-corrected chi connectivity index (χ2v) is 14.4. The van der Waals surface area contributed by atoms with Gasteiger partial charge >= 0.3 is 5.97 Å². The lowest BCUT2D eigenvalue weighted by Crippen LogP contribution is -2.58. The number of pyridine rings is 2. The van der Waals surface area contributed by atoms with Crippen molar-refractivity contribution in [3.63, 3.8) is 0 Å². The standard InChI is InChI=1S/C39H41Cl2N5O6/c1-21-19-46(35(21)39(48)49)20-23-16-30(40)38(45-37(23)51-3)52-32-14-12-26-25(6-4-7-27(26)32)28-8-5-9-29(34(28)41)31-13-10-22(36(44-31)50-2)17-42-18-24-11-15-33(47)43-24/h4-10,13,16,21,24,32,35,42H,11-12,14-15,17-20H2,1-3H3,(H,43,47)(H,48,49)/t21-,24+,32+,35+/m1/s1. The highest BCUT2D eigenvalue weighted by atomic mass is 35.5. The number of fused-ring (bicyclic) bond motifs is 1. The molecule has 2 fully saturated rings. The number of carbonyl (C=O) groups is 2. The summed E-state index contributed by atoms with van der Waals surface area (Å²) in [5.74, 6) is 0.458. The number of amides is 1. The number of carboxylic acids is 1. The molecule has 52 heavy (non-hydrogen) atoms. The highest BCUT2D eigenvalue weighted by Gasteiger charge is 2.41. The van der Waals surface area contributed by atoms with Crippen molar-refractivity contribution in [1.82, 2.24) is 25.5 Å². The number of benzene rings is 2. The smallest absolute Gasteiger partial charge is 0.321 e. The molecule has 3 N–H and O–H groups in total. The number of carboxylic acid groups (broad SMARTS) is 1. The number of hydrogen-bond acceptors (Lipinski definition) is 9. The topological polar surface area (TPSA) is 135 Å². The molecule has 4 atom stereocenters. The Morgan fingerprint density at radius 1 is 0.962 bits per heavy atom. The fraction of sp³-hybridized carbons (Fsp3) is 0.385. The Bertz CT molecular complexity index is 2010. The second kappa shape index (κ2) is 15.3. The molecule has 2 aliphatic heterocycles. The summed E-state index contributed by atoms with van der Waals surface area (Å²) in [4.78, 5) is 34.6. The van der Waals surface area contributed by atoms with Gasteiger partial charge in [0, 0.05) is 60.9 Å². The van der Waals surface area contributed by atoms with E-state index in [2.05, 4.69) is 27.8 Å².